The van der Waals surface area contributed by atoms with Gasteiger partial charge in [0.05, 0.1) is 0 Å². The van der Waals surface area contributed by atoms with Crippen LogP contribution in [0.4, 0.5) is 11.9 Å². The first-order chi connectivity index (χ1) is 6.13. The molecule has 0 aliphatic rings. The molecule has 2 atom stereocenters. The predicted molar refractivity (Wildman–Crippen MR) is 50.1 cm³/mol. The molecule has 13 heavy (non-hydrogen) atoms. The lowest BCUT2D eigenvalue weighted by atomic mass is 10.1. The lowest BCUT2D eigenvalue weighted by molar-refractivity contribution is 0.226. The number of aromatic nitrogens is 3. The molecule has 1 heterocycles. The molecule has 0 radical (unpaired) electrons. The molecule has 0 bridgehead atoms. The first-order valence-corrected chi connectivity index (χ1v) is 4.18. The van der Waals surface area contributed by atoms with Crippen LogP contribution in [-0.4, -0.2) is 32.9 Å². The summed E-state index contributed by atoms with van der Waals surface area (Å²) in [4.78, 5) is 3.89. The summed E-state index contributed by atoms with van der Waals surface area (Å²) in [5.74, 6) is 0.899. The third-order valence-corrected chi connectivity index (χ3v) is 2.00. The number of aliphatic hydroxyl groups excluding tert-OH is 1. The normalized spacial score (nSPS) is 15.3. The van der Waals surface area contributed by atoms with Crippen molar-refractivity contribution >= 4 is 11.9 Å². The zero-order valence-electron chi connectivity index (χ0n) is 7.78. The summed E-state index contributed by atoms with van der Waals surface area (Å²) >= 11 is 0. The minimum Gasteiger partial charge on any atom is -0.396 e. The topological polar surface area (TPSA) is 99.8 Å². The van der Waals surface area contributed by atoms with Crippen LogP contribution in [0.5, 0.6) is 0 Å². The second-order valence-corrected chi connectivity index (χ2v) is 3.14. The molecule has 0 saturated carbocycles. The van der Waals surface area contributed by atoms with Crippen LogP contribution < -0.4 is 11.1 Å². The van der Waals surface area contributed by atoms with Crippen LogP contribution in [0.25, 0.3) is 0 Å². The van der Waals surface area contributed by atoms with E-state index in [1.54, 1.807) is 0 Å². The third-order valence-electron chi connectivity index (χ3n) is 2.00. The van der Waals surface area contributed by atoms with E-state index in [1.165, 1.54) is 0 Å². The van der Waals surface area contributed by atoms with Gasteiger partial charge in [0, 0.05) is 12.6 Å². The highest BCUT2D eigenvalue weighted by Crippen LogP contribution is 2.07. The number of H-pyrrole nitrogens is 1. The maximum absolute atomic E-state index is 8.88. The van der Waals surface area contributed by atoms with Gasteiger partial charge in [0.15, 0.2) is 0 Å². The van der Waals surface area contributed by atoms with Crippen LogP contribution in [-0.2, 0) is 0 Å². The van der Waals surface area contributed by atoms with E-state index < -0.39 is 0 Å². The number of hydrogen-bond acceptors (Lipinski definition) is 5. The minimum atomic E-state index is 0.111. The molecule has 0 amide bonds. The number of nitrogens with two attached hydrogens (primary N) is 1. The molecule has 1 aromatic heterocycles. The molecule has 5 N–H and O–H groups in total. The van der Waals surface area contributed by atoms with Crippen molar-refractivity contribution in [2.75, 3.05) is 17.7 Å². The van der Waals surface area contributed by atoms with Crippen LogP contribution >= 0.6 is 0 Å². The van der Waals surface area contributed by atoms with Crippen molar-refractivity contribution in [2.24, 2.45) is 5.92 Å². The maximum Gasteiger partial charge on any atom is 0.243 e. The van der Waals surface area contributed by atoms with Crippen molar-refractivity contribution in [1.29, 1.82) is 0 Å². The largest absolute Gasteiger partial charge is 0.396 e. The SMILES string of the molecule is CC(CO)C(C)Nc1n[nH]c(N)n1. The second-order valence-electron chi connectivity index (χ2n) is 3.14. The summed E-state index contributed by atoms with van der Waals surface area (Å²) in [7, 11) is 0. The first kappa shape index (κ1) is 9.79. The van der Waals surface area contributed by atoms with E-state index in [1.807, 2.05) is 13.8 Å². The quantitative estimate of drug-likeness (QED) is 0.521. The van der Waals surface area contributed by atoms with Gasteiger partial charge in [-0.05, 0) is 12.8 Å². The van der Waals surface area contributed by atoms with Gasteiger partial charge in [-0.25, -0.2) is 5.10 Å². The number of aliphatic hydroxyl groups is 1. The summed E-state index contributed by atoms with van der Waals surface area (Å²) in [5, 5.41) is 18.2. The standard InChI is InChI=1S/C7H15N5O/c1-4(3-13)5(2)9-7-10-6(8)11-12-7/h4-5,13H,3H2,1-2H3,(H4,8,9,10,11,12). The lowest BCUT2D eigenvalue weighted by Crippen LogP contribution is -2.26. The van der Waals surface area contributed by atoms with Gasteiger partial charge in [0.2, 0.25) is 11.9 Å². The van der Waals surface area contributed by atoms with Gasteiger partial charge in [-0.2, -0.15) is 4.98 Å². The first-order valence-electron chi connectivity index (χ1n) is 4.18. The number of nitrogens with one attached hydrogen (secondary N) is 2. The summed E-state index contributed by atoms with van der Waals surface area (Å²) in [6.07, 6.45) is 0. The average Bonchev–Trinajstić information content (AvgIpc) is 2.49. The van der Waals surface area contributed by atoms with Crippen molar-refractivity contribution in [3.63, 3.8) is 0 Å². The number of nitrogens with zero attached hydrogens (tertiary/aromatic N) is 2. The van der Waals surface area contributed by atoms with Gasteiger partial charge in [-0.1, -0.05) is 6.92 Å². The summed E-state index contributed by atoms with van der Waals surface area (Å²) < 4.78 is 0. The Morgan fingerprint density at radius 2 is 2.31 bits per heavy atom. The number of aromatic amines is 1. The van der Waals surface area contributed by atoms with E-state index in [0.717, 1.165) is 0 Å². The summed E-state index contributed by atoms with van der Waals surface area (Å²) in [5.41, 5.74) is 5.34. The molecule has 6 nitrogen and oxygen atoms in total. The third kappa shape index (κ3) is 2.59. The van der Waals surface area contributed by atoms with Crippen molar-refractivity contribution in [3.05, 3.63) is 0 Å². The van der Waals surface area contributed by atoms with Crippen LogP contribution in [0.15, 0.2) is 0 Å². The fourth-order valence-electron chi connectivity index (χ4n) is 0.843. The second kappa shape index (κ2) is 4.08. The Hall–Kier alpha value is -1.30. The van der Waals surface area contributed by atoms with Gasteiger partial charge in [0.25, 0.3) is 0 Å². The molecule has 0 aliphatic carbocycles. The Morgan fingerprint density at radius 1 is 1.62 bits per heavy atom. The predicted octanol–water partition coefficient (Wildman–Crippen LogP) is -0.184. The van der Waals surface area contributed by atoms with Crippen molar-refractivity contribution < 1.29 is 5.11 Å². The minimum absolute atomic E-state index is 0.111. The van der Waals surface area contributed by atoms with Gasteiger partial charge < -0.3 is 16.2 Å². The van der Waals surface area contributed by atoms with Crippen LogP contribution in [0.1, 0.15) is 13.8 Å². The molecule has 74 valence electrons. The number of rotatable bonds is 4. The monoisotopic (exact) mass is 185 g/mol. The van der Waals surface area contributed by atoms with Crippen molar-refractivity contribution in [3.8, 4) is 0 Å². The van der Waals surface area contributed by atoms with Crippen molar-refractivity contribution in [2.45, 2.75) is 19.9 Å². The highest BCUT2D eigenvalue weighted by atomic mass is 16.3. The molecule has 0 aromatic carbocycles. The average molecular weight is 185 g/mol. The number of anilines is 2. The van der Waals surface area contributed by atoms with Crippen LogP contribution in [0, 0.1) is 5.92 Å². The van der Waals surface area contributed by atoms with Crippen LogP contribution in [0.2, 0.25) is 0 Å². The lowest BCUT2D eigenvalue weighted by Gasteiger charge is -2.17. The van der Waals surface area contributed by atoms with Gasteiger partial charge in [0.1, 0.15) is 0 Å². The molecule has 1 rings (SSSR count). The molecular formula is C7H15N5O. The zero-order valence-corrected chi connectivity index (χ0v) is 7.78. The number of hydrogen-bond donors (Lipinski definition) is 4. The van der Waals surface area contributed by atoms with Crippen LogP contribution in [0.3, 0.4) is 0 Å². The molecule has 2 unspecified atom stereocenters. The smallest absolute Gasteiger partial charge is 0.243 e. The molecule has 6 heteroatoms. The molecule has 0 spiro atoms. The van der Waals surface area contributed by atoms with E-state index >= 15 is 0 Å². The molecule has 0 saturated heterocycles. The van der Waals surface area contributed by atoms with Gasteiger partial charge >= 0.3 is 0 Å². The Balaban J connectivity index is 2.49. The van der Waals surface area contributed by atoms with E-state index in [4.69, 9.17) is 10.8 Å². The molecule has 0 aliphatic heterocycles. The van der Waals surface area contributed by atoms with E-state index in [2.05, 4.69) is 20.5 Å². The Kier molecular flexibility index (Phi) is 3.07. The van der Waals surface area contributed by atoms with E-state index in [9.17, 15) is 0 Å². The summed E-state index contributed by atoms with van der Waals surface area (Å²) in [6, 6.07) is 0.111. The molecule has 1 aromatic rings. The fraction of sp³-hybridized carbons (Fsp3) is 0.714. The van der Waals surface area contributed by atoms with Gasteiger partial charge in [-0.3, -0.25) is 0 Å². The van der Waals surface area contributed by atoms with Gasteiger partial charge in [-0.15, -0.1) is 5.10 Å². The van der Waals surface area contributed by atoms with E-state index in [-0.39, 0.29) is 24.5 Å². The zero-order chi connectivity index (χ0) is 9.84. The highest BCUT2D eigenvalue weighted by molar-refractivity contribution is 5.30. The summed E-state index contributed by atoms with van der Waals surface area (Å²) in [6.45, 7) is 4.02. The Bertz CT molecular complexity index is 261. The fourth-order valence-corrected chi connectivity index (χ4v) is 0.843. The molecular weight excluding hydrogens is 170 g/mol. The van der Waals surface area contributed by atoms with E-state index in [0.29, 0.717) is 5.95 Å². The maximum atomic E-state index is 8.88. The Morgan fingerprint density at radius 3 is 2.77 bits per heavy atom. The Labute approximate surface area is 76.6 Å². The molecule has 0 fully saturated rings. The van der Waals surface area contributed by atoms with Crippen molar-refractivity contribution in [1.82, 2.24) is 15.2 Å². The highest BCUT2D eigenvalue weighted by Gasteiger charge is 2.12. The number of nitrogen functional groups attached to an aromatic ring is 1.